The van der Waals surface area contributed by atoms with Crippen molar-refractivity contribution in [1.29, 1.82) is 5.41 Å². The molecule has 1 aliphatic heterocycles. The molecule has 0 aromatic heterocycles. The molecule has 0 aliphatic carbocycles. The Morgan fingerprint density at radius 3 is 2.48 bits per heavy atom. The second-order valence-electron chi connectivity index (χ2n) is 4.94. The molecule has 0 atom stereocenters. The normalized spacial score (nSPS) is 16.9. The van der Waals surface area contributed by atoms with E-state index in [9.17, 15) is 5.11 Å². The Hall–Kier alpha value is -2.33. The maximum atomic E-state index is 9.34. The van der Waals surface area contributed by atoms with Gasteiger partial charge in [-0.05, 0) is 31.2 Å². The SMILES string of the molecule is CCN1N=C(CO)C(=Nc2ccc(OC(N)(N)CO)cc2)C1=N. The Kier molecular flexibility index (Phi) is 5.06. The second-order valence-corrected chi connectivity index (χ2v) is 4.94. The van der Waals surface area contributed by atoms with Crippen LogP contribution in [0.5, 0.6) is 5.75 Å². The third-order valence-electron chi connectivity index (χ3n) is 3.08. The van der Waals surface area contributed by atoms with Crippen molar-refractivity contribution in [3.8, 4) is 5.75 Å². The number of aliphatic imine (C=N–C) groups is 1. The molecule has 1 aromatic carbocycles. The fourth-order valence-corrected chi connectivity index (χ4v) is 1.92. The summed E-state index contributed by atoms with van der Waals surface area (Å²) >= 11 is 0. The van der Waals surface area contributed by atoms with Crippen molar-refractivity contribution in [3.63, 3.8) is 0 Å². The van der Waals surface area contributed by atoms with Gasteiger partial charge in [-0.15, -0.1) is 0 Å². The molecule has 0 amide bonds. The van der Waals surface area contributed by atoms with Crippen molar-refractivity contribution >= 4 is 22.9 Å². The summed E-state index contributed by atoms with van der Waals surface area (Å²) in [5.41, 5.74) is 12.2. The quantitative estimate of drug-likeness (QED) is 0.439. The molecule has 0 radical (unpaired) electrons. The minimum Gasteiger partial charge on any atom is -0.458 e. The summed E-state index contributed by atoms with van der Waals surface area (Å²) < 4.78 is 5.22. The molecule has 9 heteroatoms. The van der Waals surface area contributed by atoms with Crippen molar-refractivity contribution in [1.82, 2.24) is 5.01 Å². The van der Waals surface area contributed by atoms with E-state index < -0.39 is 12.5 Å². The summed E-state index contributed by atoms with van der Waals surface area (Å²) in [4.78, 5) is 4.34. The van der Waals surface area contributed by atoms with Crippen LogP contribution in [0.25, 0.3) is 0 Å². The van der Waals surface area contributed by atoms with E-state index in [0.717, 1.165) is 0 Å². The monoisotopic (exact) mass is 320 g/mol. The van der Waals surface area contributed by atoms with E-state index in [4.69, 9.17) is 26.7 Å². The molecule has 9 nitrogen and oxygen atoms in total. The number of rotatable bonds is 6. The standard InChI is InChI=1S/C14H20N6O3/c1-2-20-13(15)12(11(7-21)19-20)18-9-3-5-10(6-4-9)23-14(16,17)8-22/h3-6,15,21-22H,2,7-8,16-17H2,1H3. The predicted octanol–water partition coefficient (Wildman–Crippen LogP) is -0.638. The number of hydrogen-bond acceptors (Lipinski definition) is 8. The molecule has 2 rings (SSSR count). The lowest BCUT2D eigenvalue weighted by atomic mass is 10.2. The van der Waals surface area contributed by atoms with Crippen LogP contribution in [-0.2, 0) is 0 Å². The van der Waals surface area contributed by atoms with Gasteiger partial charge in [0.1, 0.15) is 23.8 Å². The Labute approximate surface area is 133 Å². The first-order chi connectivity index (χ1) is 10.9. The summed E-state index contributed by atoms with van der Waals surface area (Å²) in [6.07, 6.45) is 0. The van der Waals surface area contributed by atoms with Crippen molar-refractivity contribution in [3.05, 3.63) is 24.3 Å². The maximum absolute atomic E-state index is 9.34. The van der Waals surface area contributed by atoms with Crippen LogP contribution >= 0.6 is 0 Å². The number of nitrogens with two attached hydrogens (primary N) is 2. The number of nitrogens with one attached hydrogen (secondary N) is 1. The highest BCUT2D eigenvalue weighted by Crippen LogP contribution is 2.21. The van der Waals surface area contributed by atoms with E-state index in [1.54, 1.807) is 24.3 Å². The van der Waals surface area contributed by atoms with Crippen LogP contribution in [0.15, 0.2) is 34.4 Å². The number of nitrogens with zero attached hydrogens (tertiary/aromatic N) is 3. The van der Waals surface area contributed by atoms with Gasteiger partial charge in [-0.25, -0.2) is 10.0 Å². The summed E-state index contributed by atoms with van der Waals surface area (Å²) in [6, 6.07) is 6.48. The fraction of sp³-hybridized carbons (Fsp3) is 0.357. The van der Waals surface area contributed by atoms with Crippen molar-refractivity contribution in [2.24, 2.45) is 21.6 Å². The Bertz CT molecular complexity index is 638. The highest BCUT2D eigenvalue weighted by molar-refractivity contribution is 6.70. The van der Waals surface area contributed by atoms with Crippen LogP contribution in [0, 0.1) is 5.41 Å². The largest absolute Gasteiger partial charge is 0.458 e. The molecule has 0 saturated heterocycles. The minimum atomic E-state index is -1.65. The molecule has 0 bridgehead atoms. The number of ether oxygens (including phenoxy) is 1. The van der Waals surface area contributed by atoms with Crippen molar-refractivity contribution < 1.29 is 14.9 Å². The van der Waals surface area contributed by atoms with E-state index in [2.05, 4.69) is 10.1 Å². The van der Waals surface area contributed by atoms with Gasteiger partial charge in [0.2, 0.25) is 5.85 Å². The van der Waals surface area contributed by atoms with Crippen LogP contribution in [0.2, 0.25) is 0 Å². The number of aliphatic hydroxyl groups excluding tert-OH is 2. The van der Waals surface area contributed by atoms with E-state index in [1.165, 1.54) is 5.01 Å². The number of hydrazone groups is 1. The van der Waals surface area contributed by atoms with Gasteiger partial charge < -0.3 is 14.9 Å². The molecule has 1 heterocycles. The first-order valence-electron chi connectivity index (χ1n) is 7.01. The van der Waals surface area contributed by atoms with E-state index in [1.807, 2.05) is 6.92 Å². The zero-order valence-corrected chi connectivity index (χ0v) is 12.7. The molecule has 0 fully saturated rings. The molecular formula is C14H20N6O3. The molecular weight excluding hydrogens is 300 g/mol. The summed E-state index contributed by atoms with van der Waals surface area (Å²) in [5.74, 6) is -1.14. The Balaban J connectivity index is 2.20. The fourth-order valence-electron chi connectivity index (χ4n) is 1.92. The number of hydrogen-bond donors (Lipinski definition) is 5. The smallest absolute Gasteiger partial charge is 0.236 e. The van der Waals surface area contributed by atoms with Gasteiger partial charge in [0.25, 0.3) is 0 Å². The van der Waals surface area contributed by atoms with Gasteiger partial charge in [-0.1, -0.05) is 0 Å². The molecule has 0 unspecified atom stereocenters. The second kappa shape index (κ2) is 6.84. The average molecular weight is 320 g/mol. The molecule has 124 valence electrons. The van der Waals surface area contributed by atoms with Gasteiger partial charge >= 0.3 is 0 Å². The molecule has 1 aliphatic rings. The van der Waals surface area contributed by atoms with E-state index in [0.29, 0.717) is 29.4 Å². The molecule has 0 spiro atoms. The van der Waals surface area contributed by atoms with E-state index in [-0.39, 0.29) is 12.4 Å². The predicted molar refractivity (Wildman–Crippen MR) is 87.0 cm³/mol. The summed E-state index contributed by atoms with van der Waals surface area (Å²) in [7, 11) is 0. The van der Waals surface area contributed by atoms with Crippen molar-refractivity contribution in [2.45, 2.75) is 12.8 Å². The first-order valence-corrected chi connectivity index (χ1v) is 7.01. The third kappa shape index (κ3) is 3.90. The topological polar surface area (TPSA) is 154 Å². The molecule has 0 saturated carbocycles. The lowest BCUT2D eigenvalue weighted by Crippen LogP contribution is -2.57. The number of benzene rings is 1. The highest BCUT2D eigenvalue weighted by Gasteiger charge is 2.26. The number of amidine groups is 1. The van der Waals surface area contributed by atoms with Gasteiger partial charge in [-0.3, -0.25) is 16.9 Å². The minimum absolute atomic E-state index is 0.139. The Morgan fingerprint density at radius 1 is 1.30 bits per heavy atom. The zero-order chi connectivity index (χ0) is 17.0. The summed E-state index contributed by atoms with van der Waals surface area (Å²) in [6.45, 7) is 1.55. The lowest BCUT2D eigenvalue weighted by molar-refractivity contribution is 0.0198. The van der Waals surface area contributed by atoms with Gasteiger partial charge in [0.05, 0.1) is 12.3 Å². The molecule has 7 N–H and O–H groups in total. The van der Waals surface area contributed by atoms with Crippen molar-refractivity contribution in [2.75, 3.05) is 19.8 Å². The first kappa shape index (κ1) is 17.0. The van der Waals surface area contributed by atoms with Crippen LogP contribution in [0.4, 0.5) is 5.69 Å². The van der Waals surface area contributed by atoms with Crippen LogP contribution in [0.3, 0.4) is 0 Å². The van der Waals surface area contributed by atoms with Gasteiger partial charge in [-0.2, -0.15) is 5.10 Å². The van der Waals surface area contributed by atoms with Crippen LogP contribution in [0.1, 0.15) is 6.92 Å². The lowest BCUT2D eigenvalue weighted by Gasteiger charge is -2.23. The van der Waals surface area contributed by atoms with Gasteiger partial charge in [0, 0.05) is 6.54 Å². The highest BCUT2D eigenvalue weighted by atomic mass is 16.5. The Morgan fingerprint density at radius 2 is 1.96 bits per heavy atom. The average Bonchev–Trinajstić information content (AvgIpc) is 2.85. The van der Waals surface area contributed by atoms with Gasteiger partial charge in [0.15, 0.2) is 5.84 Å². The molecule has 23 heavy (non-hydrogen) atoms. The summed E-state index contributed by atoms with van der Waals surface area (Å²) in [5, 5.41) is 31.9. The van der Waals surface area contributed by atoms with Crippen LogP contribution < -0.4 is 16.2 Å². The third-order valence-corrected chi connectivity index (χ3v) is 3.08. The van der Waals surface area contributed by atoms with E-state index >= 15 is 0 Å². The zero-order valence-electron chi connectivity index (χ0n) is 12.7. The van der Waals surface area contributed by atoms with Crippen LogP contribution in [-0.4, -0.2) is 58.1 Å². The maximum Gasteiger partial charge on any atom is 0.236 e. The molecule has 1 aromatic rings. The number of aliphatic hydroxyl groups is 2.